The average Bonchev–Trinajstić information content (AvgIpc) is 3.62. The van der Waals surface area contributed by atoms with Crippen LogP contribution in [0.3, 0.4) is 0 Å². The van der Waals surface area contributed by atoms with E-state index in [9.17, 15) is 14.3 Å². The standard InChI is InChI=1S/C31H22F3N5O3S/c1-17-5-6-19(22(32)9-17)15-42-29-4-2-3-25(37-29)21-13-23(33)20(10-24(21)34)12-28-36-26-8-7-18(31(40)41)11-27(26)39(28)14-30-38-35-16-43-30/h2-11,13,16H,12,14-15H2,1H3,(H,40,41). The zero-order chi connectivity index (χ0) is 30.1. The van der Waals surface area contributed by atoms with Gasteiger partial charge in [-0.1, -0.05) is 18.2 Å². The smallest absolute Gasteiger partial charge is 0.335 e. The molecule has 0 aliphatic heterocycles. The summed E-state index contributed by atoms with van der Waals surface area (Å²) in [6.45, 7) is 1.93. The lowest BCUT2D eigenvalue weighted by Gasteiger charge is -2.11. The Morgan fingerprint density at radius 2 is 1.79 bits per heavy atom. The van der Waals surface area contributed by atoms with Gasteiger partial charge in [-0.05, 0) is 60.5 Å². The maximum absolute atomic E-state index is 15.5. The molecule has 0 fully saturated rings. The molecule has 0 unspecified atom stereocenters. The number of pyridine rings is 1. The number of carboxylic acid groups (broad SMARTS) is 1. The lowest BCUT2D eigenvalue weighted by atomic mass is 10.0. The minimum absolute atomic E-state index is 0.0516. The van der Waals surface area contributed by atoms with Crippen molar-refractivity contribution in [2.24, 2.45) is 0 Å². The van der Waals surface area contributed by atoms with E-state index in [0.29, 0.717) is 27.4 Å². The normalized spacial score (nSPS) is 11.3. The predicted molar refractivity (Wildman–Crippen MR) is 154 cm³/mol. The third-order valence-electron chi connectivity index (χ3n) is 6.84. The molecule has 3 heterocycles. The Labute approximate surface area is 247 Å². The van der Waals surface area contributed by atoms with Crippen molar-refractivity contribution >= 4 is 28.3 Å². The molecule has 0 radical (unpaired) electrons. The highest BCUT2D eigenvalue weighted by atomic mass is 32.1. The maximum Gasteiger partial charge on any atom is 0.335 e. The largest absolute Gasteiger partial charge is 0.478 e. The molecule has 3 aromatic carbocycles. The third-order valence-corrected chi connectivity index (χ3v) is 7.52. The molecule has 0 atom stereocenters. The summed E-state index contributed by atoms with van der Waals surface area (Å²) < 4.78 is 52.5. The van der Waals surface area contributed by atoms with Crippen LogP contribution in [0.2, 0.25) is 0 Å². The van der Waals surface area contributed by atoms with Gasteiger partial charge in [0.25, 0.3) is 0 Å². The van der Waals surface area contributed by atoms with Gasteiger partial charge in [0.2, 0.25) is 5.88 Å². The molecule has 216 valence electrons. The highest BCUT2D eigenvalue weighted by molar-refractivity contribution is 7.09. The van der Waals surface area contributed by atoms with Crippen LogP contribution in [0.5, 0.6) is 5.88 Å². The number of carboxylic acids is 1. The van der Waals surface area contributed by atoms with Crippen LogP contribution >= 0.6 is 11.3 Å². The van der Waals surface area contributed by atoms with Crippen LogP contribution in [-0.2, 0) is 19.6 Å². The highest BCUT2D eigenvalue weighted by Crippen LogP contribution is 2.29. The number of halogens is 3. The van der Waals surface area contributed by atoms with Crippen molar-refractivity contribution in [1.29, 1.82) is 0 Å². The lowest BCUT2D eigenvalue weighted by Crippen LogP contribution is -2.08. The van der Waals surface area contributed by atoms with Gasteiger partial charge in [-0.2, -0.15) is 0 Å². The Balaban J connectivity index is 1.29. The Morgan fingerprint density at radius 3 is 2.56 bits per heavy atom. The van der Waals surface area contributed by atoms with Gasteiger partial charge in [0.05, 0.1) is 28.8 Å². The van der Waals surface area contributed by atoms with E-state index in [-0.39, 0.29) is 47.8 Å². The van der Waals surface area contributed by atoms with Gasteiger partial charge < -0.3 is 14.4 Å². The van der Waals surface area contributed by atoms with E-state index >= 15 is 8.78 Å². The van der Waals surface area contributed by atoms with E-state index in [0.717, 1.165) is 17.7 Å². The number of imidazole rings is 1. The average molecular weight is 602 g/mol. The van der Waals surface area contributed by atoms with Gasteiger partial charge in [0.15, 0.2) is 0 Å². The number of nitrogens with zero attached hydrogens (tertiary/aromatic N) is 5. The summed E-state index contributed by atoms with van der Waals surface area (Å²) in [4.78, 5) is 20.5. The van der Waals surface area contributed by atoms with Gasteiger partial charge in [0, 0.05) is 23.6 Å². The lowest BCUT2D eigenvalue weighted by molar-refractivity contribution is 0.0697. The van der Waals surface area contributed by atoms with Crippen LogP contribution in [-0.4, -0.2) is 35.8 Å². The molecule has 1 N–H and O–H groups in total. The maximum atomic E-state index is 15.5. The number of aromatic carboxylic acids is 1. The van der Waals surface area contributed by atoms with Gasteiger partial charge in [0.1, 0.15) is 40.4 Å². The van der Waals surface area contributed by atoms with Crippen molar-refractivity contribution in [3.8, 4) is 17.1 Å². The van der Waals surface area contributed by atoms with E-state index in [1.165, 1.54) is 35.6 Å². The number of fused-ring (bicyclic) bond motifs is 1. The Bertz CT molecular complexity index is 1980. The molecule has 43 heavy (non-hydrogen) atoms. The zero-order valence-corrected chi connectivity index (χ0v) is 23.4. The minimum atomic E-state index is -1.10. The molecule has 0 aliphatic carbocycles. The summed E-state index contributed by atoms with van der Waals surface area (Å²) in [6.07, 6.45) is -0.0718. The summed E-state index contributed by atoms with van der Waals surface area (Å²) in [5.41, 5.74) is 3.93. The number of benzene rings is 3. The Hall–Kier alpha value is -5.10. The Kier molecular flexibility index (Phi) is 7.59. The molecule has 3 aromatic heterocycles. The summed E-state index contributed by atoms with van der Waals surface area (Å²) in [5, 5.41) is 18.0. The summed E-state index contributed by atoms with van der Waals surface area (Å²) >= 11 is 1.31. The number of hydrogen-bond acceptors (Lipinski definition) is 7. The van der Waals surface area contributed by atoms with Crippen molar-refractivity contribution < 1.29 is 27.8 Å². The number of aromatic nitrogens is 5. The first kappa shape index (κ1) is 28.0. The number of ether oxygens (including phenoxy) is 1. The molecule has 0 saturated carbocycles. The van der Waals surface area contributed by atoms with Crippen molar-refractivity contribution in [2.45, 2.75) is 26.5 Å². The third kappa shape index (κ3) is 5.95. The van der Waals surface area contributed by atoms with E-state index in [2.05, 4.69) is 20.2 Å². The van der Waals surface area contributed by atoms with Crippen LogP contribution in [0.25, 0.3) is 22.3 Å². The van der Waals surface area contributed by atoms with E-state index in [4.69, 9.17) is 4.74 Å². The van der Waals surface area contributed by atoms with Gasteiger partial charge >= 0.3 is 5.97 Å². The molecule has 0 spiro atoms. The second-order valence-electron chi connectivity index (χ2n) is 9.80. The molecule has 0 bridgehead atoms. The molecule has 6 rings (SSSR count). The number of rotatable bonds is 9. The number of aryl methyl sites for hydroxylation is 1. The van der Waals surface area contributed by atoms with Crippen LogP contribution in [0, 0.1) is 24.4 Å². The number of hydrogen-bond donors (Lipinski definition) is 1. The fourth-order valence-electron chi connectivity index (χ4n) is 4.67. The molecular formula is C31H22F3N5O3S. The monoisotopic (exact) mass is 601 g/mol. The SMILES string of the molecule is Cc1ccc(COc2cccc(-c3cc(F)c(Cc4nc5ccc(C(=O)O)cc5n4Cc4nncs4)cc3F)n2)c(F)c1. The van der Waals surface area contributed by atoms with Gasteiger partial charge in [-0.25, -0.2) is 27.9 Å². The van der Waals surface area contributed by atoms with Crippen molar-refractivity contribution in [3.05, 3.63) is 123 Å². The zero-order valence-electron chi connectivity index (χ0n) is 22.6. The van der Waals surface area contributed by atoms with Crippen molar-refractivity contribution in [1.82, 2.24) is 24.7 Å². The van der Waals surface area contributed by atoms with E-state index < -0.39 is 23.4 Å². The predicted octanol–water partition coefficient (Wildman–Crippen LogP) is 6.59. The topological polar surface area (TPSA) is 103 Å². The summed E-state index contributed by atoms with van der Waals surface area (Å²) in [7, 11) is 0. The molecule has 0 aliphatic rings. The van der Waals surface area contributed by atoms with Crippen LogP contribution in [0.4, 0.5) is 13.2 Å². The van der Waals surface area contributed by atoms with E-state index in [1.54, 1.807) is 47.3 Å². The highest BCUT2D eigenvalue weighted by Gasteiger charge is 2.19. The van der Waals surface area contributed by atoms with Crippen LogP contribution in [0.1, 0.15) is 37.9 Å². The quantitative estimate of drug-likeness (QED) is 0.199. The van der Waals surface area contributed by atoms with Crippen molar-refractivity contribution in [2.75, 3.05) is 0 Å². The number of carbonyl (C=O) groups is 1. The first-order valence-corrected chi connectivity index (χ1v) is 13.9. The second kappa shape index (κ2) is 11.6. The molecule has 0 amide bonds. The fraction of sp³-hybridized carbons (Fsp3) is 0.129. The van der Waals surface area contributed by atoms with Gasteiger partial charge in [-0.15, -0.1) is 21.5 Å². The molecule has 6 aromatic rings. The molecule has 12 heteroatoms. The van der Waals surface area contributed by atoms with Crippen LogP contribution < -0.4 is 4.74 Å². The van der Waals surface area contributed by atoms with E-state index in [1.807, 2.05) is 0 Å². The van der Waals surface area contributed by atoms with Crippen molar-refractivity contribution in [3.63, 3.8) is 0 Å². The van der Waals surface area contributed by atoms with Crippen LogP contribution in [0.15, 0.2) is 72.2 Å². The molecule has 0 saturated heterocycles. The summed E-state index contributed by atoms with van der Waals surface area (Å²) in [6, 6.07) is 16.1. The molecular weight excluding hydrogens is 579 g/mol. The minimum Gasteiger partial charge on any atom is -0.478 e. The molecule has 8 nitrogen and oxygen atoms in total. The Morgan fingerprint density at radius 1 is 0.953 bits per heavy atom. The summed E-state index contributed by atoms with van der Waals surface area (Å²) in [5.74, 6) is -2.35. The first-order chi connectivity index (χ1) is 20.7. The fourth-order valence-corrected chi connectivity index (χ4v) is 5.19. The second-order valence-corrected chi connectivity index (χ2v) is 10.7. The van der Waals surface area contributed by atoms with Gasteiger partial charge in [-0.3, -0.25) is 0 Å². The first-order valence-electron chi connectivity index (χ1n) is 13.1.